The molecule has 8 heteroatoms. The first-order valence-corrected chi connectivity index (χ1v) is 10.0. The Hall–Kier alpha value is -3.00. The van der Waals surface area contributed by atoms with Gasteiger partial charge >= 0.3 is 6.03 Å². The van der Waals surface area contributed by atoms with Crippen LogP contribution in [0.25, 0.3) is 10.9 Å². The summed E-state index contributed by atoms with van der Waals surface area (Å²) >= 11 is 0. The van der Waals surface area contributed by atoms with Crippen molar-refractivity contribution in [1.82, 2.24) is 10.3 Å². The second-order valence-corrected chi connectivity index (χ2v) is 8.10. The van der Waals surface area contributed by atoms with Gasteiger partial charge in [-0.3, -0.25) is 0 Å². The average Bonchev–Trinajstić information content (AvgIpc) is 2.98. The summed E-state index contributed by atoms with van der Waals surface area (Å²) in [6.45, 7) is 1.73. The van der Waals surface area contributed by atoms with Crippen molar-refractivity contribution in [2.75, 3.05) is 24.7 Å². The summed E-state index contributed by atoms with van der Waals surface area (Å²) in [5.41, 5.74) is 1.93. The fourth-order valence-corrected chi connectivity index (χ4v) is 4.53. The predicted octanol–water partition coefficient (Wildman–Crippen LogP) is 3.08. The van der Waals surface area contributed by atoms with Gasteiger partial charge in [0, 0.05) is 34.9 Å². The zero-order chi connectivity index (χ0) is 19.4. The summed E-state index contributed by atoms with van der Waals surface area (Å²) in [5, 5.41) is 5.88. The number of methoxy groups -OCH3 is 1. The molecule has 0 saturated carbocycles. The molecule has 3 N–H and O–H groups in total. The van der Waals surface area contributed by atoms with Crippen LogP contribution in [0.15, 0.2) is 53.4 Å². The number of aromatic amines is 1. The normalized spacial score (nSPS) is 11.3. The molecule has 1 heterocycles. The van der Waals surface area contributed by atoms with Crippen LogP contribution in [-0.4, -0.2) is 38.8 Å². The highest BCUT2D eigenvalue weighted by Crippen LogP contribution is 2.27. The summed E-state index contributed by atoms with van der Waals surface area (Å²) in [7, 11) is -2.01. The SMILES string of the molecule is COc1cccc(NC(=O)NCCS(=O)(=O)c2c(C)[nH]c3ccccc23)c1. The summed E-state index contributed by atoms with van der Waals surface area (Å²) < 4.78 is 30.6. The third-order valence-corrected chi connectivity index (χ3v) is 6.02. The number of hydrogen-bond acceptors (Lipinski definition) is 4. The maximum atomic E-state index is 12.7. The Kier molecular flexibility index (Phi) is 5.36. The Labute approximate surface area is 157 Å². The highest BCUT2D eigenvalue weighted by Gasteiger charge is 2.22. The van der Waals surface area contributed by atoms with Crippen LogP contribution in [0, 0.1) is 6.92 Å². The minimum Gasteiger partial charge on any atom is -0.497 e. The van der Waals surface area contributed by atoms with Crippen LogP contribution < -0.4 is 15.4 Å². The number of ether oxygens (including phenoxy) is 1. The number of H-pyrrole nitrogens is 1. The van der Waals surface area contributed by atoms with Crippen molar-refractivity contribution in [2.45, 2.75) is 11.8 Å². The first-order chi connectivity index (χ1) is 12.9. The molecule has 0 radical (unpaired) electrons. The molecule has 0 atom stereocenters. The van der Waals surface area contributed by atoms with Crippen LogP contribution in [0.1, 0.15) is 5.69 Å². The molecule has 0 unspecified atom stereocenters. The van der Waals surface area contributed by atoms with Gasteiger partial charge in [-0.2, -0.15) is 0 Å². The largest absolute Gasteiger partial charge is 0.497 e. The Morgan fingerprint density at radius 1 is 1.15 bits per heavy atom. The zero-order valence-electron chi connectivity index (χ0n) is 15.1. The summed E-state index contributed by atoms with van der Waals surface area (Å²) in [6, 6.07) is 13.7. The molecule has 0 aliphatic carbocycles. The molecule has 2 amide bonds. The smallest absolute Gasteiger partial charge is 0.319 e. The number of para-hydroxylation sites is 1. The monoisotopic (exact) mass is 387 g/mol. The van der Waals surface area contributed by atoms with Crippen molar-refractivity contribution >= 4 is 32.5 Å². The van der Waals surface area contributed by atoms with Crippen molar-refractivity contribution in [1.29, 1.82) is 0 Å². The van der Waals surface area contributed by atoms with E-state index in [1.54, 1.807) is 43.3 Å². The first-order valence-electron chi connectivity index (χ1n) is 8.39. The van der Waals surface area contributed by atoms with Gasteiger partial charge in [-0.05, 0) is 25.1 Å². The number of aromatic nitrogens is 1. The van der Waals surface area contributed by atoms with Gasteiger partial charge in [0.05, 0.1) is 17.8 Å². The second kappa shape index (κ2) is 7.71. The molecule has 0 saturated heterocycles. The van der Waals surface area contributed by atoms with Crippen molar-refractivity contribution in [3.63, 3.8) is 0 Å². The van der Waals surface area contributed by atoms with Crippen molar-refractivity contribution in [3.8, 4) is 5.75 Å². The standard InChI is InChI=1S/C19H21N3O4S/c1-13-18(16-8-3-4-9-17(16)21-13)27(24,25)11-10-20-19(23)22-14-6-5-7-15(12-14)26-2/h3-9,12,21H,10-11H2,1-2H3,(H2,20,22,23). The molecule has 27 heavy (non-hydrogen) atoms. The lowest BCUT2D eigenvalue weighted by molar-refractivity contribution is 0.252. The lowest BCUT2D eigenvalue weighted by atomic mass is 10.2. The Balaban J connectivity index is 1.63. The van der Waals surface area contributed by atoms with Crippen LogP contribution in [0.5, 0.6) is 5.75 Å². The number of hydrogen-bond donors (Lipinski definition) is 3. The van der Waals surface area contributed by atoms with Gasteiger partial charge < -0.3 is 20.4 Å². The summed E-state index contributed by atoms with van der Waals surface area (Å²) in [4.78, 5) is 15.4. The number of amides is 2. The van der Waals surface area contributed by atoms with Crippen LogP contribution in [0.3, 0.4) is 0 Å². The summed E-state index contributed by atoms with van der Waals surface area (Å²) in [5.74, 6) is 0.423. The molecule has 142 valence electrons. The molecule has 3 rings (SSSR count). The number of anilines is 1. The van der Waals surface area contributed by atoms with Crippen LogP contribution in [0.4, 0.5) is 10.5 Å². The first kappa shape index (κ1) is 18.8. The maximum Gasteiger partial charge on any atom is 0.319 e. The molecule has 0 aliphatic rings. The maximum absolute atomic E-state index is 12.7. The number of urea groups is 1. The Morgan fingerprint density at radius 2 is 1.93 bits per heavy atom. The third kappa shape index (κ3) is 4.22. The number of carbonyl (C=O) groups is 1. The van der Waals surface area contributed by atoms with E-state index in [0.29, 0.717) is 22.5 Å². The molecule has 0 aliphatic heterocycles. The fourth-order valence-electron chi connectivity index (χ4n) is 2.93. The van der Waals surface area contributed by atoms with E-state index in [1.165, 1.54) is 7.11 Å². The molecule has 3 aromatic rings. The van der Waals surface area contributed by atoms with E-state index < -0.39 is 15.9 Å². The van der Waals surface area contributed by atoms with Crippen molar-refractivity contribution in [2.24, 2.45) is 0 Å². The minimum atomic E-state index is -3.55. The van der Waals surface area contributed by atoms with Crippen LogP contribution in [0.2, 0.25) is 0 Å². The predicted molar refractivity (Wildman–Crippen MR) is 105 cm³/mol. The van der Waals surface area contributed by atoms with Gasteiger partial charge in [0.25, 0.3) is 0 Å². The van der Waals surface area contributed by atoms with Crippen LogP contribution in [-0.2, 0) is 9.84 Å². The zero-order valence-corrected chi connectivity index (χ0v) is 15.9. The van der Waals surface area contributed by atoms with E-state index >= 15 is 0 Å². The average molecular weight is 387 g/mol. The highest BCUT2D eigenvalue weighted by atomic mass is 32.2. The summed E-state index contributed by atoms with van der Waals surface area (Å²) in [6.07, 6.45) is 0. The van der Waals surface area contributed by atoms with E-state index in [0.717, 1.165) is 5.52 Å². The topological polar surface area (TPSA) is 100 Å². The molecule has 2 aromatic carbocycles. The van der Waals surface area contributed by atoms with E-state index in [4.69, 9.17) is 4.74 Å². The van der Waals surface area contributed by atoms with Gasteiger partial charge in [0.2, 0.25) is 0 Å². The Bertz CT molecular complexity index is 1070. The number of carbonyl (C=O) groups excluding carboxylic acids is 1. The molecular formula is C19H21N3O4S. The Morgan fingerprint density at radius 3 is 2.70 bits per heavy atom. The van der Waals surface area contributed by atoms with Gasteiger partial charge in [-0.1, -0.05) is 24.3 Å². The number of sulfone groups is 1. The van der Waals surface area contributed by atoms with Gasteiger partial charge in [0.1, 0.15) is 5.75 Å². The van der Waals surface area contributed by atoms with Crippen molar-refractivity contribution in [3.05, 3.63) is 54.2 Å². The quantitative estimate of drug-likeness (QED) is 0.605. The lowest BCUT2D eigenvalue weighted by Gasteiger charge is -2.09. The fraction of sp³-hybridized carbons (Fsp3) is 0.211. The molecule has 7 nitrogen and oxygen atoms in total. The minimum absolute atomic E-state index is 0.00289. The second-order valence-electron chi connectivity index (χ2n) is 6.06. The molecule has 0 spiro atoms. The lowest BCUT2D eigenvalue weighted by Crippen LogP contribution is -2.32. The number of aryl methyl sites for hydroxylation is 1. The molecule has 1 aromatic heterocycles. The van der Waals surface area contributed by atoms with Gasteiger partial charge in [0.15, 0.2) is 9.84 Å². The van der Waals surface area contributed by atoms with E-state index in [2.05, 4.69) is 15.6 Å². The number of fused-ring (bicyclic) bond motifs is 1. The molecular weight excluding hydrogens is 366 g/mol. The van der Waals surface area contributed by atoms with Crippen LogP contribution >= 0.6 is 0 Å². The molecule has 0 bridgehead atoms. The van der Waals surface area contributed by atoms with Gasteiger partial charge in [-0.25, -0.2) is 13.2 Å². The van der Waals surface area contributed by atoms with Gasteiger partial charge in [-0.15, -0.1) is 0 Å². The van der Waals surface area contributed by atoms with E-state index in [-0.39, 0.29) is 17.2 Å². The number of rotatable bonds is 6. The third-order valence-electron chi connectivity index (χ3n) is 4.13. The highest BCUT2D eigenvalue weighted by molar-refractivity contribution is 7.91. The number of nitrogens with one attached hydrogen (secondary N) is 3. The van der Waals surface area contributed by atoms with E-state index in [9.17, 15) is 13.2 Å². The van der Waals surface area contributed by atoms with Crippen molar-refractivity contribution < 1.29 is 17.9 Å². The van der Waals surface area contributed by atoms with E-state index in [1.807, 2.05) is 12.1 Å². The molecule has 0 fully saturated rings. The number of benzene rings is 2.